The van der Waals surface area contributed by atoms with E-state index < -0.39 is 0 Å². The Morgan fingerprint density at radius 2 is 2.33 bits per heavy atom. The van der Waals surface area contributed by atoms with Crippen LogP contribution in [0.1, 0.15) is 30.1 Å². The highest BCUT2D eigenvalue weighted by molar-refractivity contribution is 5.76. The smallest absolute Gasteiger partial charge is 0.244 e. The Morgan fingerprint density at radius 3 is 3.10 bits per heavy atom. The van der Waals surface area contributed by atoms with Crippen LogP contribution in [-0.2, 0) is 11.3 Å². The number of carbonyl (C=O) groups excluding carboxylic acids is 1. The minimum atomic E-state index is 0.115. The first-order valence-corrected chi connectivity index (χ1v) is 7.26. The Hall–Kier alpha value is -2.24. The fraction of sp³-hybridized carbons (Fsp3) is 0.467. The molecule has 2 aromatic heterocycles. The Morgan fingerprint density at radius 1 is 1.43 bits per heavy atom. The van der Waals surface area contributed by atoms with Gasteiger partial charge in [0.1, 0.15) is 6.54 Å². The molecular formula is C15H19N5O. The van der Waals surface area contributed by atoms with Gasteiger partial charge in [0, 0.05) is 43.8 Å². The summed E-state index contributed by atoms with van der Waals surface area (Å²) in [6, 6.07) is 1.83. The molecule has 1 aliphatic rings. The van der Waals surface area contributed by atoms with E-state index >= 15 is 0 Å². The van der Waals surface area contributed by atoms with Gasteiger partial charge < -0.3 is 4.90 Å². The molecule has 0 bridgehead atoms. The summed E-state index contributed by atoms with van der Waals surface area (Å²) in [5.41, 5.74) is 1.92. The number of hydrogen-bond donors (Lipinski definition) is 0. The van der Waals surface area contributed by atoms with Crippen LogP contribution < -0.4 is 0 Å². The number of piperidine rings is 1. The van der Waals surface area contributed by atoms with Crippen molar-refractivity contribution in [1.82, 2.24) is 24.6 Å². The molecule has 110 valence electrons. The van der Waals surface area contributed by atoms with Gasteiger partial charge in [-0.1, -0.05) is 0 Å². The van der Waals surface area contributed by atoms with Gasteiger partial charge in [-0.2, -0.15) is 5.10 Å². The lowest BCUT2D eigenvalue weighted by atomic mass is 9.95. The van der Waals surface area contributed by atoms with Crippen molar-refractivity contribution in [2.24, 2.45) is 0 Å². The van der Waals surface area contributed by atoms with Crippen LogP contribution in [0.4, 0.5) is 0 Å². The highest BCUT2D eigenvalue weighted by Crippen LogP contribution is 2.25. The van der Waals surface area contributed by atoms with E-state index in [1.165, 1.54) is 0 Å². The first-order chi connectivity index (χ1) is 10.2. The third-order valence-electron chi connectivity index (χ3n) is 3.82. The monoisotopic (exact) mass is 285 g/mol. The van der Waals surface area contributed by atoms with E-state index in [-0.39, 0.29) is 11.8 Å². The lowest BCUT2D eigenvalue weighted by Crippen LogP contribution is -2.41. The second-order valence-electron chi connectivity index (χ2n) is 5.47. The second-order valence-corrected chi connectivity index (χ2v) is 5.47. The lowest BCUT2D eigenvalue weighted by molar-refractivity contribution is -0.133. The Balaban J connectivity index is 1.66. The van der Waals surface area contributed by atoms with E-state index in [2.05, 4.69) is 15.1 Å². The summed E-state index contributed by atoms with van der Waals surface area (Å²) < 4.78 is 1.67. The van der Waals surface area contributed by atoms with Crippen LogP contribution in [0.25, 0.3) is 0 Å². The Bertz CT molecular complexity index is 610. The Labute approximate surface area is 123 Å². The van der Waals surface area contributed by atoms with Crippen molar-refractivity contribution in [3.63, 3.8) is 0 Å². The van der Waals surface area contributed by atoms with E-state index in [1.807, 2.05) is 30.3 Å². The van der Waals surface area contributed by atoms with E-state index in [4.69, 9.17) is 0 Å². The molecule has 1 saturated heterocycles. The zero-order valence-corrected chi connectivity index (χ0v) is 12.1. The first kappa shape index (κ1) is 13.7. The topological polar surface area (TPSA) is 63.9 Å². The maximum absolute atomic E-state index is 12.3. The average molecular weight is 285 g/mol. The predicted octanol–water partition coefficient (Wildman–Crippen LogP) is 1.39. The number of aromatic nitrogens is 4. The largest absolute Gasteiger partial charge is 0.340 e. The molecule has 1 aliphatic heterocycles. The van der Waals surface area contributed by atoms with Gasteiger partial charge in [0.05, 0.1) is 11.4 Å². The number of aryl methyl sites for hydroxylation is 1. The number of amides is 1. The van der Waals surface area contributed by atoms with Crippen LogP contribution in [0.15, 0.2) is 30.9 Å². The van der Waals surface area contributed by atoms with Crippen LogP contribution in [0.3, 0.4) is 0 Å². The standard InChI is InChI=1S/C15H19N5O/c1-12-8-16-9-14(18-12)13-4-2-6-19(10-13)15(21)11-20-7-3-5-17-20/h3,5,7-9,13H,2,4,6,10-11H2,1H3/t13-/m0/s1. The van der Waals surface area contributed by atoms with Crippen LogP contribution >= 0.6 is 0 Å². The molecular weight excluding hydrogens is 266 g/mol. The predicted molar refractivity (Wildman–Crippen MR) is 77.6 cm³/mol. The Kier molecular flexibility index (Phi) is 3.94. The van der Waals surface area contributed by atoms with Crippen LogP contribution in [0.2, 0.25) is 0 Å². The molecule has 6 nitrogen and oxygen atoms in total. The maximum Gasteiger partial charge on any atom is 0.244 e. The summed E-state index contributed by atoms with van der Waals surface area (Å²) in [7, 11) is 0. The fourth-order valence-corrected chi connectivity index (χ4v) is 2.76. The maximum atomic E-state index is 12.3. The van der Waals surface area contributed by atoms with Gasteiger partial charge in [-0.05, 0) is 25.8 Å². The average Bonchev–Trinajstić information content (AvgIpc) is 3.00. The van der Waals surface area contributed by atoms with Gasteiger partial charge in [-0.3, -0.25) is 19.4 Å². The molecule has 21 heavy (non-hydrogen) atoms. The van der Waals surface area contributed by atoms with Gasteiger partial charge in [-0.15, -0.1) is 0 Å². The van der Waals surface area contributed by atoms with Crippen molar-refractivity contribution >= 4 is 5.91 Å². The summed E-state index contributed by atoms with van der Waals surface area (Å²) in [6.07, 6.45) is 9.14. The molecule has 0 unspecified atom stereocenters. The van der Waals surface area contributed by atoms with Crippen molar-refractivity contribution in [2.75, 3.05) is 13.1 Å². The molecule has 0 aliphatic carbocycles. The normalized spacial score (nSPS) is 18.7. The van der Waals surface area contributed by atoms with Crippen molar-refractivity contribution in [2.45, 2.75) is 32.2 Å². The first-order valence-electron chi connectivity index (χ1n) is 7.26. The van der Waals surface area contributed by atoms with Gasteiger partial charge in [0.25, 0.3) is 0 Å². The summed E-state index contributed by atoms with van der Waals surface area (Å²) in [5, 5.41) is 4.09. The molecule has 0 saturated carbocycles. The van der Waals surface area contributed by atoms with Gasteiger partial charge >= 0.3 is 0 Å². The van der Waals surface area contributed by atoms with Crippen LogP contribution in [-0.4, -0.2) is 43.6 Å². The summed E-state index contributed by atoms with van der Waals surface area (Å²) in [5.74, 6) is 0.400. The molecule has 1 atom stereocenters. The molecule has 1 fully saturated rings. The quantitative estimate of drug-likeness (QED) is 0.855. The molecule has 0 aromatic carbocycles. The minimum absolute atomic E-state index is 0.115. The van der Waals surface area contributed by atoms with E-state index in [0.717, 1.165) is 37.3 Å². The van der Waals surface area contributed by atoms with E-state index in [9.17, 15) is 4.79 Å². The van der Waals surface area contributed by atoms with E-state index in [0.29, 0.717) is 6.54 Å². The minimum Gasteiger partial charge on any atom is -0.340 e. The zero-order chi connectivity index (χ0) is 14.7. The third kappa shape index (κ3) is 3.26. The summed E-state index contributed by atoms with van der Waals surface area (Å²) >= 11 is 0. The molecule has 1 amide bonds. The van der Waals surface area contributed by atoms with Crippen molar-refractivity contribution in [3.8, 4) is 0 Å². The second kappa shape index (κ2) is 6.03. The summed E-state index contributed by atoms with van der Waals surface area (Å²) in [6.45, 7) is 3.78. The SMILES string of the molecule is Cc1cncc([C@H]2CCCN(C(=O)Cn3cccn3)C2)n1. The number of rotatable bonds is 3. The molecule has 3 heterocycles. The van der Waals surface area contributed by atoms with Gasteiger partial charge in [0.2, 0.25) is 5.91 Å². The third-order valence-corrected chi connectivity index (χ3v) is 3.82. The molecule has 0 N–H and O–H groups in total. The molecule has 3 rings (SSSR count). The van der Waals surface area contributed by atoms with Crippen LogP contribution in [0.5, 0.6) is 0 Å². The van der Waals surface area contributed by atoms with Crippen molar-refractivity contribution in [1.29, 1.82) is 0 Å². The number of nitrogens with zero attached hydrogens (tertiary/aromatic N) is 5. The number of hydrogen-bond acceptors (Lipinski definition) is 4. The van der Waals surface area contributed by atoms with Crippen LogP contribution in [0, 0.1) is 6.92 Å². The van der Waals surface area contributed by atoms with Crippen molar-refractivity contribution in [3.05, 3.63) is 42.2 Å². The fourth-order valence-electron chi connectivity index (χ4n) is 2.76. The van der Waals surface area contributed by atoms with Gasteiger partial charge in [-0.25, -0.2) is 0 Å². The van der Waals surface area contributed by atoms with Crippen molar-refractivity contribution < 1.29 is 4.79 Å². The zero-order valence-electron chi connectivity index (χ0n) is 12.1. The highest BCUT2D eigenvalue weighted by Gasteiger charge is 2.25. The molecule has 0 spiro atoms. The molecule has 0 radical (unpaired) electrons. The van der Waals surface area contributed by atoms with E-state index in [1.54, 1.807) is 17.1 Å². The summed E-state index contributed by atoms with van der Waals surface area (Å²) in [4.78, 5) is 23.0. The van der Waals surface area contributed by atoms with Gasteiger partial charge in [0.15, 0.2) is 0 Å². The highest BCUT2D eigenvalue weighted by atomic mass is 16.2. The molecule has 6 heteroatoms. The molecule has 2 aromatic rings. The lowest BCUT2D eigenvalue weighted by Gasteiger charge is -2.32. The number of likely N-dealkylation sites (tertiary alicyclic amines) is 1. The number of carbonyl (C=O) groups is 1.